The van der Waals surface area contributed by atoms with Gasteiger partial charge in [-0.3, -0.25) is 4.79 Å². The molecule has 0 unspecified atom stereocenters. The number of carbonyl (C=O) groups is 2. The number of amides is 1. The van der Waals surface area contributed by atoms with Crippen LogP contribution in [0.25, 0.3) is 0 Å². The van der Waals surface area contributed by atoms with Crippen LogP contribution in [0, 0.1) is 5.92 Å². The highest BCUT2D eigenvalue weighted by atomic mass is 16.4. The van der Waals surface area contributed by atoms with Crippen LogP contribution in [-0.2, 0) is 9.59 Å². The zero-order chi connectivity index (χ0) is 21.0. The van der Waals surface area contributed by atoms with Crippen LogP contribution in [0.1, 0.15) is 130 Å². The maximum Gasteiger partial charge on any atom is 0.326 e. The van der Waals surface area contributed by atoms with E-state index in [0.29, 0.717) is 6.42 Å². The number of hydrogen-bond acceptors (Lipinski definition) is 2. The summed E-state index contributed by atoms with van der Waals surface area (Å²) < 4.78 is 0. The van der Waals surface area contributed by atoms with Crippen LogP contribution in [0.15, 0.2) is 0 Å². The van der Waals surface area contributed by atoms with Crippen molar-refractivity contribution in [3.63, 3.8) is 0 Å². The average molecular weight is 398 g/mol. The smallest absolute Gasteiger partial charge is 0.326 e. The molecule has 4 heteroatoms. The Balaban J connectivity index is 3.33. The topological polar surface area (TPSA) is 66.4 Å². The van der Waals surface area contributed by atoms with Gasteiger partial charge in [-0.25, -0.2) is 4.79 Å². The Morgan fingerprint density at radius 1 is 0.679 bits per heavy atom. The van der Waals surface area contributed by atoms with E-state index >= 15 is 0 Å². The zero-order valence-corrected chi connectivity index (χ0v) is 18.9. The molecule has 0 rings (SSSR count). The zero-order valence-electron chi connectivity index (χ0n) is 18.9. The molecule has 0 heterocycles. The molecule has 28 heavy (non-hydrogen) atoms. The summed E-state index contributed by atoms with van der Waals surface area (Å²) in [5.41, 5.74) is 0. The normalized spacial score (nSPS) is 12.3. The van der Waals surface area contributed by atoms with Gasteiger partial charge in [-0.2, -0.15) is 0 Å². The fourth-order valence-corrected chi connectivity index (χ4v) is 3.59. The highest BCUT2D eigenvalue weighted by Gasteiger charge is 2.22. The highest BCUT2D eigenvalue weighted by Crippen LogP contribution is 2.14. The Morgan fingerprint density at radius 3 is 1.36 bits per heavy atom. The molecule has 2 N–H and O–H groups in total. The molecule has 0 radical (unpaired) electrons. The van der Waals surface area contributed by atoms with Gasteiger partial charge in [0.15, 0.2) is 0 Å². The molecule has 0 aromatic rings. The van der Waals surface area contributed by atoms with Crippen molar-refractivity contribution in [3.05, 3.63) is 0 Å². The molecule has 166 valence electrons. The maximum atomic E-state index is 11.8. The van der Waals surface area contributed by atoms with Crippen LogP contribution in [0.2, 0.25) is 0 Å². The molecular formula is C24H47NO3. The molecule has 0 bridgehead atoms. The summed E-state index contributed by atoms with van der Waals surface area (Å²) in [6, 6.07) is -0.770. The highest BCUT2D eigenvalue weighted by molar-refractivity contribution is 5.83. The molecular weight excluding hydrogens is 350 g/mol. The maximum absolute atomic E-state index is 11.8. The average Bonchev–Trinajstić information content (AvgIpc) is 2.65. The molecule has 0 saturated carbocycles. The summed E-state index contributed by atoms with van der Waals surface area (Å²) in [4.78, 5) is 22.9. The van der Waals surface area contributed by atoms with E-state index in [-0.39, 0.29) is 11.8 Å². The first-order valence-electron chi connectivity index (χ1n) is 12.0. The number of carboxylic acid groups (broad SMARTS) is 1. The largest absolute Gasteiger partial charge is 0.480 e. The van der Waals surface area contributed by atoms with E-state index in [1.807, 2.05) is 13.8 Å². The van der Waals surface area contributed by atoms with E-state index in [4.69, 9.17) is 5.11 Å². The summed E-state index contributed by atoms with van der Waals surface area (Å²) in [6.07, 6.45) is 21.4. The van der Waals surface area contributed by atoms with Gasteiger partial charge < -0.3 is 10.4 Å². The first kappa shape index (κ1) is 26.9. The van der Waals surface area contributed by atoms with E-state index in [9.17, 15) is 9.59 Å². The third kappa shape index (κ3) is 17.1. The van der Waals surface area contributed by atoms with Gasteiger partial charge in [0.25, 0.3) is 0 Å². The summed E-state index contributed by atoms with van der Waals surface area (Å²) in [5.74, 6) is -1.17. The van der Waals surface area contributed by atoms with Crippen LogP contribution in [0.4, 0.5) is 0 Å². The number of unbranched alkanes of at least 4 members (excludes halogenated alkanes) is 15. The first-order chi connectivity index (χ1) is 13.5. The van der Waals surface area contributed by atoms with Crippen molar-refractivity contribution < 1.29 is 14.7 Å². The SMILES string of the molecule is CCCCCCCCCCCCCCCCCCC(=O)N[C@H](C(=O)O)C(C)C. The minimum absolute atomic E-state index is 0.0905. The lowest BCUT2D eigenvalue weighted by Crippen LogP contribution is -2.44. The first-order valence-corrected chi connectivity index (χ1v) is 12.0. The molecule has 0 aromatic heterocycles. The molecule has 0 spiro atoms. The van der Waals surface area contributed by atoms with Gasteiger partial charge in [0.05, 0.1) is 0 Å². The Morgan fingerprint density at radius 2 is 1.04 bits per heavy atom. The number of rotatable bonds is 20. The van der Waals surface area contributed by atoms with Crippen molar-refractivity contribution in [2.75, 3.05) is 0 Å². The predicted molar refractivity (Wildman–Crippen MR) is 119 cm³/mol. The van der Waals surface area contributed by atoms with Crippen molar-refractivity contribution >= 4 is 11.9 Å². The fourth-order valence-electron chi connectivity index (χ4n) is 3.59. The van der Waals surface area contributed by atoms with Gasteiger partial charge in [-0.1, -0.05) is 117 Å². The van der Waals surface area contributed by atoms with Crippen LogP contribution in [0.3, 0.4) is 0 Å². The standard InChI is InChI=1S/C24H47NO3/c1-4-5-6-7-8-9-10-11-12-13-14-15-16-17-18-19-20-22(26)25-23(21(2)3)24(27)28/h21,23H,4-20H2,1-3H3,(H,25,26)(H,27,28)/t23-/m0/s1. The van der Waals surface area contributed by atoms with Gasteiger partial charge in [0.1, 0.15) is 6.04 Å². The van der Waals surface area contributed by atoms with Crippen LogP contribution < -0.4 is 5.32 Å². The number of aliphatic carboxylic acids is 1. The summed E-state index contributed by atoms with van der Waals surface area (Å²) in [6.45, 7) is 5.90. The van der Waals surface area contributed by atoms with E-state index in [0.717, 1.165) is 12.8 Å². The lowest BCUT2D eigenvalue weighted by molar-refractivity contribution is -0.143. The molecule has 1 amide bonds. The minimum atomic E-state index is -0.949. The van der Waals surface area contributed by atoms with Gasteiger partial charge in [-0.15, -0.1) is 0 Å². The summed E-state index contributed by atoms with van der Waals surface area (Å²) >= 11 is 0. The Bertz CT molecular complexity index is 382. The summed E-state index contributed by atoms with van der Waals surface area (Å²) in [7, 11) is 0. The van der Waals surface area contributed by atoms with Crippen molar-refractivity contribution in [1.82, 2.24) is 5.32 Å². The number of nitrogens with one attached hydrogen (secondary N) is 1. The number of carboxylic acids is 1. The molecule has 0 saturated heterocycles. The molecule has 0 aliphatic rings. The second-order valence-corrected chi connectivity index (χ2v) is 8.68. The van der Waals surface area contributed by atoms with Crippen LogP contribution in [-0.4, -0.2) is 23.0 Å². The lowest BCUT2D eigenvalue weighted by Gasteiger charge is -2.17. The third-order valence-corrected chi connectivity index (χ3v) is 5.51. The molecule has 4 nitrogen and oxygen atoms in total. The third-order valence-electron chi connectivity index (χ3n) is 5.51. The van der Waals surface area contributed by atoms with Crippen molar-refractivity contribution in [2.24, 2.45) is 5.92 Å². The van der Waals surface area contributed by atoms with E-state index in [1.165, 1.54) is 89.9 Å². The summed E-state index contributed by atoms with van der Waals surface area (Å²) in [5, 5.41) is 11.7. The second kappa shape index (κ2) is 19.3. The quantitative estimate of drug-likeness (QED) is 0.220. The molecule has 0 aliphatic heterocycles. The Hall–Kier alpha value is -1.06. The van der Waals surface area contributed by atoms with Crippen molar-refractivity contribution in [3.8, 4) is 0 Å². The van der Waals surface area contributed by atoms with Gasteiger partial charge in [0, 0.05) is 6.42 Å². The number of carbonyl (C=O) groups excluding carboxylic acids is 1. The Kier molecular flexibility index (Phi) is 18.5. The second-order valence-electron chi connectivity index (χ2n) is 8.68. The van der Waals surface area contributed by atoms with Crippen LogP contribution in [0.5, 0.6) is 0 Å². The number of hydrogen-bond donors (Lipinski definition) is 2. The van der Waals surface area contributed by atoms with Gasteiger partial charge in [-0.05, 0) is 12.3 Å². The van der Waals surface area contributed by atoms with E-state index in [2.05, 4.69) is 12.2 Å². The lowest BCUT2D eigenvalue weighted by atomic mass is 10.0. The monoisotopic (exact) mass is 397 g/mol. The van der Waals surface area contributed by atoms with Gasteiger partial charge in [0.2, 0.25) is 5.91 Å². The van der Waals surface area contributed by atoms with Gasteiger partial charge >= 0.3 is 5.97 Å². The molecule has 0 aromatic carbocycles. The molecule has 0 fully saturated rings. The van der Waals surface area contributed by atoms with E-state index < -0.39 is 12.0 Å². The van der Waals surface area contributed by atoms with Crippen LogP contribution >= 0.6 is 0 Å². The Labute approximate surface area is 174 Å². The predicted octanol–water partition coefficient (Wildman–Crippen LogP) is 6.86. The fraction of sp³-hybridized carbons (Fsp3) is 0.917. The van der Waals surface area contributed by atoms with E-state index in [1.54, 1.807) is 0 Å². The molecule has 0 aliphatic carbocycles. The van der Waals surface area contributed by atoms with Crippen molar-refractivity contribution in [2.45, 2.75) is 136 Å². The van der Waals surface area contributed by atoms with Crippen molar-refractivity contribution in [1.29, 1.82) is 0 Å². The molecule has 1 atom stereocenters. The minimum Gasteiger partial charge on any atom is -0.480 e.